The number of anilines is 1. The zero-order valence-corrected chi connectivity index (χ0v) is 10.3. The third-order valence-corrected chi connectivity index (χ3v) is 3.01. The summed E-state index contributed by atoms with van der Waals surface area (Å²) in [6.07, 6.45) is 1.80. The minimum atomic E-state index is -0.216. The van der Waals surface area contributed by atoms with Crippen LogP contribution in [0.1, 0.15) is 16.8 Å². The van der Waals surface area contributed by atoms with E-state index in [4.69, 9.17) is 0 Å². The minimum absolute atomic E-state index is 0.216. The van der Waals surface area contributed by atoms with Crippen molar-refractivity contribution in [1.82, 2.24) is 9.78 Å². The number of rotatable bonds is 3. The van der Waals surface area contributed by atoms with E-state index in [-0.39, 0.29) is 5.82 Å². The Kier molecular flexibility index (Phi) is 3.13. The first-order valence-corrected chi connectivity index (χ1v) is 5.56. The van der Waals surface area contributed by atoms with E-state index in [1.165, 1.54) is 6.07 Å². The number of nitrogens with zero attached hydrogens (tertiary/aromatic N) is 2. The van der Waals surface area contributed by atoms with Crippen LogP contribution in [-0.2, 0) is 13.6 Å². The summed E-state index contributed by atoms with van der Waals surface area (Å²) in [5.74, 6) is -0.216. The Hall–Kier alpha value is -1.84. The molecule has 0 saturated heterocycles. The van der Waals surface area contributed by atoms with Crippen molar-refractivity contribution >= 4 is 5.69 Å². The Morgan fingerprint density at radius 2 is 2.12 bits per heavy atom. The molecule has 90 valence electrons. The largest absolute Gasteiger partial charge is 0.378 e. The molecule has 2 aromatic rings. The number of nitrogens with one attached hydrogen (secondary N) is 1. The summed E-state index contributed by atoms with van der Waals surface area (Å²) in [4.78, 5) is 0. The molecule has 1 N–H and O–H groups in total. The molecule has 0 aliphatic rings. The predicted molar refractivity (Wildman–Crippen MR) is 66.4 cm³/mol. The number of hydrogen-bond acceptors (Lipinski definition) is 2. The van der Waals surface area contributed by atoms with E-state index in [1.807, 2.05) is 31.6 Å². The summed E-state index contributed by atoms with van der Waals surface area (Å²) in [7, 11) is 1.90. The number of hydrogen-bond donors (Lipinski definition) is 1. The van der Waals surface area contributed by atoms with Crippen molar-refractivity contribution in [2.24, 2.45) is 7.05 Å². The highest BCUT2D eigenvalue weighted by Gasteiger charge is 2.07. The molecule has 0 aliphatic heterocycles. The molecule has 0 fully saturated rings. The second kappa shape index (κ2) is 4.57. The normalized spacial score (nSPS) is 10.6. The first-order valence-electron chi connectivity index (χ1n) is 5.56. The lowest BCUT2D eigenvalue weighted by atomic mass is 10.2. The van der Waals surface area contributed by atoms with Gasteiger partial charge in [0.2, 0.25) is 0 Å². The lowest BCUT2D eigenvalue weighted by molar-refractivity contribution is 0.629. The first-order chi connectivity index (χ1) is 8.09. The monoisotopic (exact) mass is 233 g/mol. The third kappa shape index (κ3) is 2.30. The van der Waals surface area contributed by atoms with E-state index in [2.05, 4.69) is 10.4 Å². The smallest absolute Gasteiger partial charge is 0.146 e. The van der Waals surface area contributed by atoms with Gasteiger partial charge >= 0.3 is 0 Å². The van der Waals surface area contributed by atoms with E-state index >= 15 is 0 Å². The zero-order valence-electron chi connectivity index (χ0n) is 10.3. The summed E-state index contributed by atoms with van der Waals surface area (Å²) in [5.41, 5.74) is 3.64. The van der Waals surface area contributed by atoms with Crippen LogP contribution in [0.15, 0.2) is 24.4 Å². The van der Waals surface area contributed by atoms with Crippen molar-refractivity contribution < 1.29 is 4.39 Å². The third-order valence-electron chi connectivity index (χ3n) is 3.01. The molecular formula is C13H16FN3. The van der Waals surface area contributed by atoms with Crippen molar-refractivity contribution in [3.05, 3.63) is 47.0 Å². The molecule has 1 heterocycles. The summed E-state index contributed by atoms with van der Waals surface area (Å²) in [5, 5.41) is 7.28. The second-order valence-electron chi connectivity index (χ2n) is 4.16. The molecule has 0 radical (unpaired) electrons. The number of para-hydroxylation sites is 1. The molecule has 0 unspecified atom stereocenters. The van der Waals surface area contributed by atoms with Crippen LogP contribution in [0.25, 0.3) is 0 Å². The van der Waals surface area contributed by atoms with Crippen LogP contribution in [0.4, 0.5) is 10.1 Å². The summed E-state index contributed by atoms with van der Waals surface area (Å²) in [6.45, 7) is 4.47. The predicted octanol–water partition coefficient (Wildman–Crippen LogP) is 2.79. The molecule has 0 saturated carbocycles. The van der Waals surface area contributed by atoms with Gasteiger partial charge in [-0.25, -0.2) is 4.39 Å². The highest BCUT2D eigenvalue weighted by Crippen LogP contribution is 2.20. The van der Waals surface area contributed by atoms with Gasteiger partial charge in [-0.1, -0.05) is 12.1 Å². The fourth-order valence-electron chi connectivity index (χ4n) is 1.76. The highest BCUT2D eigenvalue weighted by molar-refractivity contribution is 5.52. The van der Waals surface area contributed by atoms with Gasteiger partial charge in [-0.15, -0.1) is 0 Å². The van der Waals surface area contributed by atoms with E-state index in [9.17, 15) is 4.39 Å². The fourth-order valence-corrected chi connectivity index (χ4v) is 1.76. The van der Waals surface area contributed by atoms with Gasteiger partial charge in [0.1, 0.15) is 5.82 Å². The average molecular weight is 233 g/mol. The van der Waals surface area contributed by atoms with Gasteiger partial charge in [0.05, 0.1) is 11.9 Å². The van der Waals surface area contributed by atoms with E-state index < -0.39 is 0 Å². The van der Waals surface area contributed by atoms with Gasteiger partial charge in [-0.2, -0.15) is 5.10 Å². The Morgan fingerprint density at radius 3 is 2.71 bits per heavy atom. The second-order valence-corrected chi connectivity index (χ2v) is 4.16. The molecule has 0 bridgehead atoms. The molecule has 17 heavy (non-hydrogen) atoms. The van der Waals surface area contributed by atoms with Crippen LogP contribution in [0, 0.1) is 19.7 Å². The maximum absolute atomic E-state index is 13.6. The lowest BCUT2D eigenvalue weighted by Crippen LogP contribution is -2.04. The molecule has 0 spiro atoms. The van der Waals surface area contributed by atoms with Crippen LogP contribution >= 0.6 is 0 Å². The molecule has 2 rings (SSSR count). The summed E-state index contributed by atoms with van der Waals surface area (Å²) in [6, 6.07) is 5.07. The van der Waals surface area contributed by atoms with Gasteiger partial charge < -0.3 is 5.32 Å². The van der Waals surface area contributed by atoms with Crippen molar-refractivity contribution in [3.63, 3.8) is 0 Å². The van der Waals surface area contributed by atoms with Crippen LogP contribution in [0.2, 0.25) is 0 Å². The van der Waals surface area contributed by atoms with E-state index in [0.29, 0.717) is 12.2 Å². The number of halogens is 1. The Balaban J connectivity index is 2.15. The van der Waals surface area contributed by atoms with Crippen LogP contribution in [0.5, 0.6) is 0 Å². The maximum Gasteiger partial charge on any atom is 0.146 e. The molecule has 0 amide bonds. The zero-order chi connectivity index (χ0) is 12.4. The van der Waals surface area contributed by atoms with Gasteiger partial charge in [-0.05, 0) is 25.5 Å². The molecule has 0 aliphatic carbocycles. The summed E-state index contributed by atoms with van der Waals surface area (Å²) >= 11 is 0. The number of aryl methyl sites for hydroxylation is 2. The van der Waals surface area contributed by atoms with Crippen LogP contribution < -0.4 is 5.32 Å². The van der Waals surface area contributed by atoms with Gasteiger partial charge in [0.15, 0.2) is 0 Å². The fraction of sp³-hybridized carbons (Fsp3) is 0.308. The van der Waals surface area contributed by atoms with Gasteiger partial charge in [0.25, 0.3) is 0 Å². The molecular weight excluding hydrogens is 217 g/mol. The molecule has 3 nitrogen and oxygen atoms in total. The summed E-state index contributed by atoms with van der Waals surface area (Å²) < 4.78 is 15.4. The average Bonchev–Trinajstić information content (AvgIpc) is 2.60. The SMILES string of the molecule is Cc1cccc(F)c1NCc1cnn(C)c1C. The van der Waals surface area contributed by atoms with Crippen LogP contribution in [-0.4, -0.2) is 9.78 Å². The Bertz CT molecular complexity index is 511. The van der Waals surface area contributed by atoms with Crippen molar-refractivity contribution in [3.8, 4) is 0 Å². The number of benzene rings is 1. The lowest BCUT2D eigenvalue weighted by Gasteiger charge is -2.10. The Labute approximate surface area is 100 Å². The molecule has 1 aromatic carbocycles. The molecule has 1 aromatic heterocycles. The maximum atomic E-state index is 13.6. The highest BCUT2D eigenvalue weighted by atomic mass is 19.1. The van der Waals surface area contributed by atoms with E-state index in [1.54, 1.807) is 12.3 Å². The van der Waals surface area contributed by atoms with Crippen molar-refractivity contribution in [2.45, 2.75) is 20.4 Å². The van der Waals surface area contributed by atoms with Gasteiger partial charge in [0, 0.05) is 24.8 Å². The minimum Gasteiger partial charge on any atom is -0.378 e. The first kappa shape index (κ1) is 11.6. The number of aromatic nitrogens is 2. The van der Waals surface area contributed by atoms with Gasteiger partial charge in [-0.3, -0.25) is 4.68 Å². The van der Waals surface area contributed by atoms with E-state index in [0.717, 1.165) is 16.8 Å². The van der Waals surface area contributed by atoms with Crippen LogP contribution in [0.3, 0.4) is 0 Å². The van der Waals surface area contributed by atoms with Crippen molar-refractivity contribution in [2.75, 3.05) is 5.32 Å². The standard InChI is InChI=1S/C13H16FN3/c1-9-5-4-6-12(14)13(9)15-7-11-8-16-17(3)10(11)2/h4-6,8,15H,7H2,1-3H3. The Morgan fingerprint density at radius 1 is 1.35 bits per heavy atom. The topological polar surface area (TPSA) is 29.9 Å². The molecule has 0 atom stereocenters. The van der Waals surface area contributed by atoms with Crippen molar-refractivity contribution in [1.29, 1.82) is 0 Å². The molecule has 4 heteroatoms. The quantitative estimate of drug-likeness (QED) is 0.883.